The van der Waals surface area contributed by atoms with Crippen molar-refractivity contribution in [3.8, 4) is 5.75 Å². The van der Waals surface area contributed by atoms with Gasteiger partial charge in [-0.3, -0.25) is 13.9 Å². The Labute approximate surface area is 177 Å². The van der Waals surface area contributed by atoms with Crippen LogP contribution in [0.25, 0.3) is 0 Å². The molecule has 0 aliphatic carbocycles. The summed E-state index contributed by atoms with van der Waals surface area (Å²) in [7, 11) is -0.803. The molecule has 0 radical (unpaired) electrons. The lowest BCUT2D eigenvalue weighted by Crippen LogP contribution is -2.50. The van der Waals surface area contributed by atoms with E-state index in [-0.39, 0.29) is 12.5 Å². The van der Waals surface area contributed by atoms with Crippen LogP contribution in [0.3, 0.4) is 0 Å². The second-order valence-electron chi connectivity index (χ2n) is 6.77. The van der Waals surface area contributed by atoms with Gasteiger partial charge in [-0.1, -0.05) is 36.4 Å². The number of nitrogens with one attached hydrogen (secondary N) is 1. The maximum Gasteiger partial charge on any atom is 0.244 e. The van der Waals surface area contributed by atoms with Gasteiger partial charge in [0.1, 0.15) is 18.3 Å². The van der Waals surface area contributed by atoms with E-state index in [0.29, 0.717) is 11.4 Å². The van der Waals surface area contributed by atoms with Crippen LogP contribution in [0.4, 0.5) is 5.69 Å². The number of nitrogens with zero attached hydrogens (tertiary/aromatic N) is 2. The van der Waals surface area contributed by atoms with Gasteiger partial charge in [-0.05, 0) is 24.6 Å². The van der Waals surface area contributed by atoms with Crippen LogP contribution in [-0.4, -0.2) is 58.1 Å². The second kappa shape index (κ2) is 10.1. The van der Waals surface area contributed by atoms with Crippen LogP contribution >= 0.6 is 0 Å². The molecule has 0 aliphatic rings. The molecule has 8 nitrogen and oxygen atoms in total. The van der Waals surface area contributed by atoms with Crippen molar-refractivity contribution in [2.24, 2.45) is 0 Å². The van der Waals surface area contributed by atoms with E-state index in [2.05, 4.69) is 5.32 Å². The molecular weight excluding hydrogens is 406 g/mol. The molecule has 0 saturated carbocycles. The number of methoxy groups -OCH3 is 1. The zero-order valence-electron chi connectivity index (χ0n) is 17.5. The molecule has 2 aromatic rings. The van der Waals surface area contributed by atoms with E-state index in [1.807, 2.05) is 30.3 Å². The van der Waals surface area contributed by atoms with Crippen molar-refractivity contribution < 1.29 is 22.7 Å². The van der Waals surface area contributed by atoms with Crippen molar-refractivity contribution in [3.05, 3.63) is 60.2 Å². The summed E-state index contributed by atoms with van der Waals surface area (Å²) in [5, 5.41) is 2.53. The smallest absolute Gasteiger partial charge is 0.244 e. The molecule has 0 unspecified atom stereocenters. The number of likely N-dealkylation sites (N-methyl/N-ethyl adjacent to an activating group) is 1. The topological polar surface area (TPSA) is 96.0 Å². The Kier molecular flexibility index (Phi) is 7.82. The highest BCUT2D eigenvalue weighted by Crippen LogP contribution is 2.23. The summed E-state index contributed by atoms with van der Waals surface area (Å²) >= 11 is 0. The fourth-order valence-electron chi connectivity index (χ4n) is 2.95. The molecule has 0 saturated heterocycles. The highest BCUT2D eigenvalue weighted by molar-refractivity contribution is 7.92. The van der Waals surface area contributed by atoms with Crippen LogP contribution < -0.4 is 14.4 Å². The number of carbonyl (C=O) groups is 2. The summed E-state index contributed by atoms with van der Waals surface area (Å²) < 4.78 is 31.1. The van der Waals surface area contributed by atoms with Crippen molar-refractivity contribution in [1.82, 2.24) is 10.2 Å². The molecule has 0 bridgehead atoms. The monoisotopic (exact) mass is 433 g/mol. The Morgan fingerprint density at radius 1 is 1.10 bits per heavy atom. The summed E-state index contributed by atoms with van der Waals surface area (Å²) in [4.78, 5) is 26.8. The number of hydrogen-bond donors (Lipinski definition) is 1. The number of ether oxygens (including phenoxy) is 1. The predicted molar refractivity (Wildman–Crippen MR) is 116 cm³/mol. The number of hydrogen-bond acceptors (Lipinski definition) is 5. The van der Waals surface area contributed by atoms with Gasteiger partial charge < -0.3 is 15.0 Å². The van der Waals surface area contributed by atoms with E-state index in [4.69, 9.17) is 4.74 Å². The van der Waals surface area contributed by atoms with Gasteiger partial charge in [0.25, 0.3) is 0 Å². The van der Waals surface area contributed by atoms with E-state index in [9.17, 15) is 18.0 Å². The fourth-order valence-corrected chi connectivity index (χ4v) is 3.79. The van der Waals surface area contributed by atoms with Crippen LogP contribution in [0.1, 0.15) is 12.5 Å². The standard InChI is InChI=1S/C21H27N3O5S/c1-16(21(26)22-2)23(14-17-9-6-5-7-10-17)20(25)15-24(30(4,27)28)18-11-8-12-19(13-18)29-3/h5-13,16H,14-15H2,1-4H3,(H,22,26)/t16-/m0/s1. The highest BCUT2D eigenvalue weighted by atomic mass is 32.2. The molecule has 0 spiro atoms. The maximum atomic E-state index is 13.2. The van der Waals surface area contributed by atoms with Gasteiger partial charge in [0.15, 0.2) is 0 Å². The van der Waals surface area contributed by atoms with Gasteiger partial charge in [-0.2, -0.15) is 0 Å². The molecule has 0 heterocycles. The van der Waals surface area contributed by atoms with Crippen molar-refractivity contribution in [2.45, 2.75) is 19.5 Å². The first kappa shape index (κ1) is 23.2. The molecule has 2 amide bonds. The molecule has 30 heavy (non-hydrogen) atoms. The third-order valence-corrected chi connectivity index (χ3v) is 5.77. The molecule has 162 valence electrons. The van der Waals surface area contributed by atoms with Gasteiger partial charge in [-0.25, -0.2) is 8.42 Å². The Bertz CT molecular complexity index is 979. The van der Waals surface area contributed by atoms with Crippen LogP contribution in [-0.2, 0) is 26.2 Å². The van der Waals surface area contributed by atoms with E-state index in [1.165, 1.54) is 25.1 Å². The summed E-state index contributed by atoms with van der Waals surface area (Å²) in [6, 6.07) is 14.9. The van der Waals surface area contributed by atoms with Crippen molar-refractivity contribution in [1.29, 1.82) is 0 Å². The zero-order valence-corrected chi connectivity index (χ0v) is 18.3. The number of benzene rings is 2. The largest absolute Gasteiger partial charge is 0.497 e. The Balaban J connectivity index is 2.37. The molecule has 0 aromatic heterocycles. The number of carbonyl (C=O) groups excluding carboxylic acids is 2. The van der Waals surface area contributed by atoms with Gasteiger partial charge in [0, 0.05) is 19.7 Å². The predicted octanol–water partition coefficient (Wildman–Crippen LogP) is 1.62. The minimum Gasteiger partial charge on any atom is -0.497 e. The Morgan fingerprint density at radius 2 is 1.77 bits per heavy atom. The van der Waals surface area contributed by atoms with Crippen LogP contribution in [0.5, 0.6) is 5.75 Å². The van der Waals surface area contributed by atoms with E-state index >= 15 is 0 Å². The van der Waals surface area contributed by atoms with Crippen molar-refractivity contribution in [3.63, 3.8) is 0 Å². The van der Waals surface area contributed by atoms with E-state index in [1.54, 1.807) is 25.1 Å². The molecule has 1 atom stereocenters. The lowest BCUT2D eigenvalue weighted by molar-refractivity contribution is -0.139. The van der Waals surface area contributed by atoms with Gasteiger partial charge in [-0.15, -0.1) is 0 Å². The van der Waals surface area contributed by atoms with Gasteiger partial charge >= 0.3 is 0 Å². The third kappa shape index (κ3) is 5.96. The summed E-state index contributed by atoms with van der Waals surface area (Å²) in [6.45, 7) is 1.33. The van der Waals surface area contributed by atoms with Crippen molar-refractivity contribution >= 4 is 27.5 Å². The number of rotatable bonds is 9. The average Bonchev–Trinajstić information content (AvgIpc) is 2.74. The summed E-state index contributed by atoms with van der Waals surface area (Å²) in [5.41, 5.74) is 1.13. The third-order valence-electron chi connectivity index (χ3n) is 4.63. The normalized spacial score (nSPS) is 12.0. The molecule has 0 aliphatic heterocycles. The summed E-state index contributed by atoms with van der Waals surface area (Å²) in [5.74, 6) is -0.372. The molecule has 1 N–H and O–H groups in total. The first-order valence-electron chi connectivity index (χ1n) is 9.34. The van der Waals surface area contributed by atoms with Gasteiger partial charge in [0.2, 0.25) is 21.8 Å². The Hall–Kier alpha value is -3.07. The summed E-state index contributed by atoms with van der Waals surface area (Å²) in [6.07, 6.45) is 1.03. The maximum absolute atomic E-state index is 13.2. The molecule has 9 heteroatoms. The Morgan fingerprint density at radius 3 is 2.33 bits per heavy atom. The first-order valence-corrected chi connectivity index (χ1v) is 11.2. The van der Waals surface area contributed by atoms with Crippen molar-refractivity contribution in [2.75, 3.05) is 31.3 Å². The van der Waals surface area contributed by atoms with E-state index < -0.39 is 28.5 Å². The van der Waals surface area contributed by atoms with Gasteiger partial charge in [0.05, 0.1) is 19.1 Å². The average molecular weight is 434 g/mol. The first-order chi connectivity index (χ1) is 14.2. The number of anilines is 1. The van der Waals surface area contributed by atoms with Crippen LogP contribution in [0.2, 0.25) is 0 Å². The lowest BCUT2D eigenvalue weighted by atomic mass is 10.1. The quantitative estimate of drug-likeness (QED) is 0.648. The second-order valence-corrected chi connectivity index (χ2v) is 8.68. The molecular formula is C21H27N3O5S. The number of amides is 2. The van der Waals surface area contributed by atoms with Crippen LogP contribution in [0.15, 0.2) is 54.6 Å². The fraction of sp³-hybridized carbons (Fsp3) is 0.333. The van der Waals surface area contributed by atoms with E-state index in [0.717, 1.165) is 16.1 Å². The molecule has 2 aromatic carbocycles. The lowest BCUT2D eigenvalue weighted by Gasteiger charge is -2.31. The minimum absolute atomic E-state index is 0.171. The number of sulfonamides is 1. The SMILES string of the molecule is CNC(=O)[C@H](C)N(Cc1ccccc1)C(=O)CN(c1cccc(OC)c1)S(C)(=O)=O. The minimum atomic E-state index is -3.77. The zero-order chi connectivity index (χ0) is 22.3. The molecule has 0 fully saturated rings. The molecule has 2 rings (SSSR count). The van der Waals surface area contributed by atoms with Crippen LogP contribution in [0, 0.1) is 0 Å². The highest BCUT2D eigenvalue weighted by Gasteiger charge is 2.29.